The van der Waals surface area contributed by atoms with Gasteiger partial charge in [-0.15, -0.1) is 0 Å². The van der Waals surface area contributed by atoms with Gasteiger partial charge in [0.2, 0.25) is 10.0 Å². The highest BCUT2D eigenvalue weighted by molar-refractivity contribution is 7.89. The molecule has 4 saturated heterocycles. The van der Waals surface area contributed by atoms with Crippen molar-refractivity contribution in [2.45, 2.75) is 238 Å². The number of sulfonamides is 1. The summed E-state index contributed by atoms with van der Waals surface area (Å²) in [6.45, 7) is 26.2. The average Bonchev–Trinajstić information content (AvgIpc) is 1.77. The maximum absolute atomic E-state index is 16.0. The normalized spacial score (nSPS) is 37.6. The van der Waals surface area contributed by atoms with Crippen molar-refractivity contribution in [1.82, 2.24) is 14.9 Å². The summed E-state index contributed by atoms with van der Waals surface area (Å²) in [5, 5.41) is 29.7. The Bertz CT molecular complexity index is 2490. The lowest BCUT2D eigenvalue weighted by Crippen LogP contribution is -2.59. The number of ketones is 1. The number of hydrogen-bond acceptors (Lipinski definition) is 22. The van der Waals surface area contributed by atoms with Gasteiger partial charge < -0.3 is 77.4 Å². The highest BCUT2D eigenvalue weighted by Gasteiger charge is 2.53. The Balaban J connectivity index is 1.71. The number of nitrogens with zero attached hydrogens (tertiary/aromatic N) is 2. The van der Waals surface area contributed by atoms with Gasteiger partial charge in [-0.05, 0) is 92.8 Å². The van der Waals surface area contributed by atoms with Crippen LogP contribution in [0.4, 0.5) is 4.79 Å². The number of aliphatic hydroxyl groups excluding tert-OH is 2. The topological polar surface area (TPSA) is 293 Å². The second kappa shape index (κ2) is 31.7. The van der Waals surface area contributed by atoms with Gasteiger partial charge in [0.1, 0.15) is 43.7 Å². The summed E-state index contributed by atoms with van der Waals surface area (Å²) in [5.74, 6) is -8.09. The van der Waals surface area contributed by atoms with E-state index in [-0.39, 0.29) is 61.1 Å². The van der Waals surface area contributed by atoms with Gasteiger partial charge >= 0.3 is 18.0 Å². The number of nitrogens with one attached hydrogen (secondary N) is 2. The zero-order chi connectivity index (χ0) is 64.3. The summed E-state index contributed by atoms with van der Waals surface area (Å²) in [5.41, 5.74) is -3.19. The molecule has 25 heteroatoms. The van der Waals surface area contributed by atoms with Gasteiger partial charge in [-0.3, -0.25) is 14.4 Å². The number of carbonyl (C=O) groups excluding carboxylic acids is 4. The lowest BCUT2D eigenvalue weighted by molar-refractivity contribution is -0.305. The third kappa shape index (κ3) is 19.0. The third-order valence-corrected chi connectivity index (χ3v) is 18.5. The van der Waals surface area contributed by atoms with Gasteiger partial charge in [-0.1, -0.05) is 71.8 Å². The Kier molecular flexibility index (Phi) is 26.8. The first-order valence-electron chi connectivity index (χ1n) is 30.3. The summed E-state index contributed by atoms with van der Waals surface area (Å²) < 4.78 is 99.8. The Morgan fingerprint density at radius 3 is 2.10 bits per heavy atom. The van der Waals surface area contributed by atoms with E-state index in [4.69, 9.17) is 56.9 Å². The molecule has 0 spiro atoms. The summed E-state index contributed by atoms with van der Waals surface area (Å²) in [4.78, 5) is 67.6. The summed E-state index contributed by atoms with van der Waals surface area (Å²) in [6.07, 6.45) is -14.7. The molecule has 4 aliphatic rings. The number of benzene rings is 1. The first kappa shape index (κ1) is 72.8. The Morgan fingerprint density at radius 1 is 0.837 bits per heavy atom. The number of hydrogen-bond donors (Lipinski definition) is 4. The summed E-state index contributed by atoms with van der Waals surface area (Å²) in [7, 11) is 2.20. The average molecular weight is 1240 g/mol. The molecule has 0 saturated carbocycles. The van der Waals surface area contributed by atoms with Gasteiger partial charge in [-0.25, -0.2) is 17.9 Å². The number of esters is 2. The first-order valence-corrected chi connectivity index (χ1v) is 31.8. The molecule has 1 aromatic rings. The number of carbonyl (C=O) groups is 4. The van der Waals surface area contributed by atoms with E-state index in [1.54, 1.807) is 80.5 Å². The minimum atomic E-state index is -4.03. The minimum absolute atomic E-state index is 0.0128. The van der Waals surface area contributed by atoms with E-state index in [1.807, 2.05) is 41.7 Å². The number of oxime groups is 1. The van der Waals surface area contributed by atoms with Crippen molar-refractivity contribution in [3.63, 3.8) is 0 Å². The van der Waals surface area contributed by atoms with Crippen LogP contribution in [0, 0.1) is 41.4 Å². The van der Waals surface area contributed by atoms with Crippen LogP contribution >= 0.6 is 0 Å². The number of Topliss-reactive ketones (excluding diaryl/α,β-unsaturated/α-hetero) is 1. The zero-order valence-electron chi connectivity index (χ0n) is 54.1. The van der Waals surface area contributed by atoms with Crippen LogP contribution in [0.1, 0.15) is 130 Å². The predicted molar refractivity (Wildman–Crippen MR) is 316 cm³/mol. The molecule has 0 aromatic heterocycles. The van der Waals surface area contributed by atoms with Crippen LogP contribution in [0.3, 0.4) is 0 Å². The largest absolute Gasteiger partial charge is 0.461 e. The van der Waals surface area contributed by atoms with Crippen LogP contribution in [-0.2, 0) is 81.3 Å². The molecule has 5 rings (SSSR count). The molecule has 4 aliphatic heterocycles. The van der Waals surface area contributed by atoms with E-state index in [0.717, 1.165) is 0 Å². The predicted octanol–water partition coefficient (Wildman–Crippen LogP) is 5.76. The second-order valence-corrected chi connectivity index (χ2v) is 27.6. The molecule has 4 heterocycles. The van der Waals surface area contributed by atoms with E-state index < -0.39 is 160 Å². The molecule has 24 nitrogen and oxygen atoms in total. The standard InChI is InChI=1S/C61H102N4O20S/c1-32(2)25-45(66)81-51-39(9)50(34(4)30-77-58-54(75-18)53(74-17)47(67)42(12)80-58)83-56(70)41(11)52(82-46-26-35(5)65(16)29-37(7)78-46)38(8)49(84-57-48(68)44(64-76-19)27-36(6)79-57)33(3)28-61(15,55(69)40(51)10)85-59(71)63-60(13,14)31-62-86(72,73)43-23-21-20-22-24-43/h20-24,32-42,46-54,57-58,62,67-68H,25-31H2,1-19H3,(H,63,71)/t33-,34-,35?,36+,37?,38+,39-,40+,41+,42+,46-,47+,48+,49-,50+,51+,52-,53+,54+,57-,58+,61-/m0/s1. The van der Waals surface area contributed by atoms with Crippen molar-refractivity contribution < 1.29 is 94.8 Å². The molecule has 492 valence electrons. The number of rotatable bonds is 20. The molecule has 4 fully saturated rings. The molecule has 0 bridgehead atoms. The van der Waals surface area contributed by atoms with Crippen molar-refractivity contribution in [3.8, 4) is 0 Å². The monoisotopic (exact) mass is 1240 g/mol. The molecule has 86 heavy (non-hydrogen) atoms. The quantitative estimate of drug-likeness (QED) is 0.0685. The molecule has 2 unspecified atom stereocenters. The second-order valence-electron chi connectivity index (χ2n) is 25.8. The lowest BCUT2D eigenvalue weighted by Gasteiger charge is -2.45. The van der Waals surface area contributed by atoms with Gasteiger partial charge in [-0.2, -0.15) is 0 Å². The molecular formula is C61H102N4O20S. The zero-order valence-corrected chi connectivity index (χ0v) is 54.9. The first-order chi connectivity index (χ1) is 40.2. The van der Waals surface area contributed by atoms with Crippen molar-refractivity contribution in [3.05, 3.63) is 30.3 Å². The molecule has 0 aliphatic carbocycles. The van der Waals surface area contributed by atoms with E-state index in [2.05, 4.69) is 20.1 Å². The van der Waals surface area contributed by atoms with Crippen LogP contribution in [0.5, 0.6) is 0 Å². The Labute approximate surface area is 510 Å². The Morgan fingerprint density at radius 2 is 1.49 bits per heavy atom. The molecule has 1 aromatic carbocycles. The number of amides is 1. The van der Waals surface area contributed by atoms with Crippen molar-refractivity contribution in [2.75, 3.05) is 48.1 Å². The Hall–Kier alpha value is -3.96. The minimum Gasteiger partial charge on any atom is -0.461 e. The number of ether oxygens (including phenoxy) is 11. The highest BCUT2D eigenvalue weighted by Crippen LogP contribution is 2.41. The van der Waals surface area contributed by atoms with Gasteiger partial charge in [0.05, 0.1) is 65.1 Å². The third-order valence-electron chi connectivity index (χ3n) is 17.1. The fraction of sp³-hybridized carbons (Fsp3) is 0.820. The van der Waals surface area contributed by atoms with Crippen LogP contribution in [-0.4, -0.2) is 204 Å². The maximum atomic E-state index is 16.0. The van der Waals surface area contributed by atoms with E-state index >= 15 is 9.59 Å². The fourth-order valence-electron chi connectivity index (χ4n) is 12.3. The van der Waals surface area contributed by atoms with Crippen LogP contribution in [0.25, 0.3) is 0 Å². The SMILES string of the molecule is CON=C1C[C@@H](C)O[C@@H](O[C@@H]2[C@@H](C)[C@H](O[C@H]3CC(C)N(C)CC(C)O3)[C@@H](C)C(=O)O[C@H]([C@@H](C)CO[C@@H]3O[C@H](C)[C@@H](O)[C@@H](OC)[C@H]3OC)[C@H](C)[C@@H](OC(=O)CC(C)C)[C@@H](C)C(=O)[C@@](C)(OC(=O)NC(C)(C)CNS(=O)(=O)c3ccccc3)C[C@@H]2C)[C@@H]1O. The molecular weight excluding hydrogens is 1140 g/mol. The molecule has 22 atom stereocenters. The van der Waals surface area contributed by atoms with E-state index in [0.29, 0.717) is 13.0 Å². The van der Waals surface area contributed by atoms with Gasteiger partial charge in [0.25, 0.3) is 0 Å². The fourth-order valence-corrected chi connectivity index (χ4v) is 13.5. The number of alkyl carbamates (subject to hydrolysis) is 1. The molecule has 1 amide bonds. The number of aliphatic hydroxyl groups is 2. The van der Waals surface area contributed by atoms with Crippen molar-refractivity contribution >= 4 is 39.6 Å². The van der Waals surface area contributed by atoms with Crippen LogP contribution < -0.4 is 10.0 Å². The molecule has 4 N–H and O–H groups in total. The number of likely N-dealkylation sites (N-methyl/N-ethyl adjacent to an activating group) is 1. The van der Waals surface area contributed by atoms with Gasteiger partial charge in [0, 0.05) is 70.4 Å². The van der Waals surface area contributed by atoms with Crippen molar-refractivity contribution in [2.24, 2.45) is 46.6 Å². The highest BCUT2D eigenvalue weighted by atomic mass is 32.2. The number of cyclic esters (lactones) is 1. The maximum Gasteiger partial charge on any atom is 0.408 e. The van der Waals surface area contributed by atoms with Crippen LogP contribution in [0.15, 0.2) is 40.4 Å². The summed E-state index contributed by atoms with van der Waals surface area (Å²) >= 11 is 0. The van der Waals surface area contributed by atoms with Crippen LogP contribution in [0.2, 0.25) is 0 Å². The van der Waals surface area contributed by atoms with Gasteiger partial charge in [0.15, 0.2) is 30.3 Å². The smallest absolute Gasteiger partial charge is 0.408 e. The number of methoxy groups -OCH3 is 2. The lowest BCUT2D eigenvalue weighted by atomic mass is 9.74. The van der Waals surface area contributed by atoms with E-state index in [9.17, 15) is 28.2 Å². The van der Waals surface area contributed by atoms with Crippen molar-refractivity contribution in [1.29, 1.82) is 0 Å². The van der Waals surface area contributed by atoms with E-state index in [1.165, 1.54) is 40.4 Å². The summed E-state index contributed by atoms with van der Waals surface area (Å²) in [6, 6.07) is 7.71. The molecule has 0 radical (unpaired) electrons.